The SMILES string of the molecule is COc1cccc(-c2cnc3c(c2)C(=O)N([C@H](C)CO)C[C@H](C)[C@H](CN(C)C(=O)Nc2ccc(F)cc2)O3)c1. The van der Waals surface area contributed by atoms with Crippen LogP contribution in [0.1, 0.15) is 24.2 Å². The third kappa shape index (κ3) is 6.46. The minimum absolute atomic E-state index is 0.158. The summed E-state index contributed by atoms with van der Waals surface area (Å²) in [6.45, 7) is 4.01. The van der Waals surface area contributed by atoms with Crippen molar-refractivity contribution in [3.05, 3.63) is 72.2 Å². The van der Waals surface area contributed by atoms with Crippen LogP contribution in [0, 0.1) is 11.7 Å². The number of likely N-dealkylation sites (N-methyl/N-ethyl adjacent to an activating group) is 1. The second-order valence-corrected chi connectivity index (χ2v) is 9.75. The summed E-state index contributed by atoms with van der Waals surface area (Å²) in [6, 6.07) is 13.8. The molecule has 3 aromatic rings. The third-order valence-corrected chi connectivity index (χ3v) is 6.82. The highest BCUT2D eigenvalue weighted by atomic mass is 19.1. The van der Waals surface area contributed by atoms with Crippen LogP contribution in [0.4, 0.5) is 14.9 Å². The Hall–Kier alpha value is -4.18. The van der Waals surface area contributed by atoms with Gasteiger partial charge in [-0.3, -0.25) is 4.79 Å². The molecule has 4 rings (SSSR count). The molecule has 1 aliphatic rings. The van der Waals surface area contributed by atoms with Gasteiger partial charge in [0.1, 0.15) is 23.2 Å². The average Bonchev–Trinajstić information content (AvgIpc) is 2.95. The topological polar surface area (TPSA) is 104 Å². The zero-order valence-electron chi connectivity index (χ0n) is 22.4. The Bertz CT molecular complexity index is 1320. The molecule has 2 aromatic carbocycles. The molecular weight excluding hydrogens is 503 g/mol. The number of aromatic nitrogens is 1. The second kappa shape index (κ2) is 12.1. The first-order valence-electron chi connectivity index (χ1n) is 12.7. The molecule has 10 heteroatoms. The van der Waals surface area contributed by atoms with Crippen molar-refractivity contribution in [2.75, 3.05) is 39.2 Å². The number of carbonyl (C=O) groups is 2. The van der Waals surface area contributed by atoms with Crippen LogP contribution >= 0.6 is 0 Å². The van der Waals surface area contributed by atoms with Gasteiger partial charge in [0.15, 0.2) is 0 Å². The zero-order valence-corrected chi connectivity index (χ0v) is 22.4. The number of urea groups is 1. The number of carbonyl (C=O) groups excluding carboxylic acids is 2. The van der Waals surface area contributed by atoms with Crippen molar-refractivity contribution in [3.8, 4) is 22.8 Å². The first kappa shape index (κ1) is 27.8. The molecule has 9 nitrogen and oxygen atoms in total. The lowest BCUT2D eigenvalue weighted by Gasteiger charge is -2.37. The Morgan fingerprint density at radius 1 is 1.26 bits per heavy atom. The lowest BCUT2D eigenvalue weighted by Crippen LogP contribution is -2.50. The quantitative estimate of drug-likeness (QED) is 0.467. The maximum atomic E-state index is 13.7. The lowest BCUT2D eigenvalue weighted by atomic mass is 9.99. The average molecular weight is 537 g/mol. The number of aliphatic hydroxyl groups excluding tert-OH is 1. The van der Waals surface area contributed by atoms with Gasteiger partial charge in [-0.2, -0.15) is 0 Å². The summed E-state index contributed by atoms with van der Waals surface area (Å²) in [5.74, 6) is -0.0533. The summed E-state index contributed by atoms with van der Waals surface area (Å²) in [4.78, 5) is 34.1. The van der Waals surface area contributed by atoms with Gasteiger partial charge in [-0.1, -0.05) is 19.1 Å². The molecule has 0 unspecified atom stereocenters. The van der Waals surface area contributed by atoms with Gasteiger partial charge in [0.25, 0.3) is 5.91 Å². The normalized spacial score (nSPS) is 17.8. The molecule has 2 heterocycles. The van der Waals surface area contributed by atoms with E-state index in [2.05, 4.69) is 10.3 Å². The van der Waals surface area contributed by atoms with E-state index in [9.17, 15) is 19.1 Å². The molecule has 1 aliphatic heterocycles. The van der Waals surface area contributed by atoms with Crippen molar-refractivity contribution in [2.45, 2.75) is 26.0 Å². The molecule has 2 N–H and O–H groups in total. The Balaban J connectivity index is 1.63. The number of aliphatic hydroxyl groups is 1. The highest BCUT2D eigenvalue weighted by Gasteiger charge is 2.34. The van der Waals surface area contributed by atoms with Gasteiger partial charge in [0.05, 0.1) is 26.3 Å². The van der Waals surface area contributed by atoms with Gasteiger partial charge >= 0.3 is 6.03 Å². The molecule has 3 amide bonds. The molecule has 0 saturated carbocycles. The first-order chi connectivity index (χ1) is 18.7. The maximum absolute atomic E-state index is 13.7. The lowest BCUT2D eigenvalue weighted by molar-refractivity contribution is 0.0356. The summed E-state index contributed by atoms with van der Waals surface area (Å²) < 4.78 is 24.8. The fourth-order valence-electron chi connectivity index (χ4n) is 4.39. The van der Waals surface area contributed by atoms with Crippen molar-refractivity contribution < 1.29 is 28.6 Å². The number of nitrogens with one attached hydrogen (secondary N) is 1. The van der Waals surface area contributed by atoms with E-state index < -0.39 is 24.0 Å². The first-order valence-corrected chi connectivity index (χ1v) is 12.7. The molecule has 0 radical (unpaired) electrons. The summed E-state index contributed by atoms with van der Waals surface area (Å²) in [6.07, 6.45) is 1.12. The Morgan fingerprint density at radius 2 is 2.00 bits per heavy atom. The van der Waals surface area contributed by atoms with Gasteiger partial charge in [0, 0.05) is 37.0 Å². The van der Waals surface area contributed by atoms with Crippen LogP contribution in [0.3, 0.4) is 0 Å². The number of anilines is 1. The van der Waals surface area contributed by atoms with Crippen LogP contribution in [-0.4, -0.2) is 77.8 Å². The van der Waals surface area contributed by atoms with Gasteiger partial charge in [-0.05, 0) is 55.0 Å². The van der Waals surface area contributed by atoms with Crippen molar-refractivity contribution in [1.82, 2.24) is 14.8 Å². The monoisotopic (exact) mass is 536 g/mol. The van der Waals surface area contributed by atoms with E-state index in [1.54, 1.807) is 38.2 Å². The summed E-state index contributed by atoms with van der Waals surface area (Å²) in [5, 5.41) is 12.6. The van der Waals surface area contributed by atoms with E-state index in [4.69, 9.17) is 9.47 Å². The van der Waals surface area contributed by atoms with E-state index in [1.807, 2.05) is 31.2 Å². The van der Waals surface area contributed by atoms with Crippen LogP contribution in [0.15, 0.2) is 60.8 Å². The Labute approximate surface area is 227 Å². The van der Waals surface area contributed by atoms with Gasteiger partial charge in [-0.15, -0.1) is 0 Å². The number of fused-ring (bicyclic) bond motifs is 1. The molecule has 0 aliphatic carbocycles. The molecule has 0 fully saturated rings. The minimum atomic E-state index is -0.510. The van der Waals surface area contributed by atoms with Gasteiger partial charge in [-0.25, -0.2) is 14.2 Å². The van der Waals surface area contributed by atoms with E-state index in [0.717, 1.165) is 5.56 Å². The van der Waals surface area contributed by atoms with Gasteiger partial charge < -0.3 is 29.7 Å². The van der Waals surface area contributed by atoms with E-state index >= 15 is 0 Å². The van der Waals surface area contributed by atoms with Crippen molar-refractivity contribution >= 4 is 17.6 Å². The van der Waals surface area contributed by atoms with Crippen LogP contribution in [-0.2, 0) is 0 Å². The van der Waals surface area contributed by atoms with Crippen LogP contribution in [0.25, 0.3) is 11.1 Å². The van der Waals surface area contributed by atoms with Crippen LogP contribution in [0.5, 0.6) is 11.6 Å². The molecule has 206 valence electrons. The summed E-state index contributed by atoms with van der Waals surface area (Å²) >= 11 is 0. The molecule has 0 saturated heterocycles. The summed E-state index contributed by atoms with van der Waals surface area (Å²) in [7, 11) is 3.22. The summed E-state index contributed by atoms with van der Waals surface area (Å²) in [5.41, 5.74) is 2.27. The number of hydrogen-bond donors (Lipinski definition) is 2. The zero-order chi connectivity index (χ0) is 28.1. The number of nitrogens with zero attached hydrogens (tertiary/aromatic N) is 3. The van der Waals surface area contributed by atoms with E-state index in [1.165, 1.54) is 29.2 Å². The fraction of sp³-hybridized carbons (Fsp3) is 0.345. The largest absolute Gasteiger partial charge is 0.497 e. The maximum Gasteiger partial charge on any atom is 0.321 e. The molecular formula is C29H33FN4O5. The number of benzene rings is 2. The highest BCUT2D eigenvalue weighted by Crippen LogP contribution is 2.31. The number of methoxy groups -OCH3 is 1. The van der Waals surface area contributed by atoms with E-state index in [0.29, 0.717) is 23.5 Å². The smallest absolute Gasteiger partial charge is 0.321 e. The molecule has 0 spiro atoms. The number of pyridine rings is 1. The predicted molar refractivity (Wildman–Crippen MR) is 145 cm³/mol. The fourth-order valence-corrected chi connectivity index (χ4v) is 4.39. The standard InChI is InChI=1S/C29H33FN4O5/c1-18-15-34(19(2)17-35)28(36)25-13-21(20-6-5-7-24(12-20)38-4)14-31-27(25)39-26(18)16-33(3)29(37)32-23-10-8-22(30)9-11-23/h5-14,18-19,26,35H,15-17H2,1-4H3,(H,32,37)/t18-,19+,26-/m0/s1. The molecule has 3 atom stereocenters. The predicted octanol–water partition coefficient (Wildman–Crippen LogP) is 4.28. The van der Waals surface area contributed by atoms with Crippen LogP contribution < -0.4 is 14.8 Å². The van der Waals surface area contributed by atoms with E-state index in [-0.39, 0.29) is 36.4 Å². The number of rotatable bonds is 7. The Morgan fingerprint density at radius 3 is 2.69 bits per heavy atom. The number of hydrogen-bond acceptors (Lipinski definition) is 6. The molecule has 39 heavy (non-hydrogen) atoms. The van der Waals surface area contributed by atoms with Gasteiger partial charge in [0.2, 0.25) is 5.88 Å². The number of ether oxygens (including phenoxy) is 2. The third-order valence-electron chi connectivity index (χ3n) is 6.82. The number of amides is 3. The van der Waals surface area contributed by atoms with Crippen molar-refractivity contribution in [3.63, 3.8) is 0 Å². The van der Waals surface area contributed by atoms with Crippen molar-refractivity contribution in [1.29, 1.82) is 0 Å². The number of halogens is 1. The highest BCUT2D eigenvalue weighted by molar-refractivity contribution is 5.98. The Kier molecular flexibility index (Phi) is 8.65. The minimum Gasteiger partial charge on any atom is -0.497 e. The van der Waals surface area contributed by atoms with Crippen molar-refractivity contribution in [2.24, 2.45) is 5.92 Å². The van der Waals surface area contributed by atoms with Crippen LogP contribution in [0.2, 0.25) is 0 Å². The molecule has 0 bridgehead atoms. The second-order valence-electron chi connectivity index (χ2n) is 9.75. The molecule has 1 aromatic heterocycles.